The molecule has 0 bridgehead atoms. The molecule has 2 unspecified atom stereocenters. The van der Waals surface area contributed by atoms with Crippen LogP contribution >= 0.6 is 0 Å². The molecule has 3 aliphatic rings. The Morgan fingerprint density at radius 1 is 1.05 bits per heavy atom. The van der Waals surface area contributed by atoms with Gasteiger partial charge in [0.2, 0.25) is 0 Å². The van der Waals surface area contributed by atoms with Gasteiger partial charge in [0.15, 0.2) is 0 Å². The molecule has 1 aromatic carbocycles. The average molecular weight is 270 g/mol. The van der Waals surface area contributed by atoms with Crippen LogP contribution in [0.3, 0.4) is 0 Å². The number of benzene rings is 1. The second-order valence-electron chi connectivity index (χ2n) is 6.91. The van der Waals surface area contributed by atoms with E-state index in [9.17, 15) is 0 Å². The van der Waals surface area contributed by atoms with Crippen LogP contribution in [0.1, 0.15) is 55.6 Å². The molecule has 4 rings (SSSR count). The summed E-state index contributed by atoms with van der Waals surface area (Å²) in [4.78, 5) is 2.70. The molecule has 2 saturated heterocycles. The molecule has 1 aliphatic carbocycles. The van der Waals surface area contributed by atoms with E-state index in [1.54, 1.807) is 11.1 Å². The van der Waals surface area contributed by atoms with E-state index in [0.717, 1.165) is 24.5 Å². The van der Waals surface area contributed by atoms with Crippen molar-refractivity contribution in [3.63, 3.8) is 0 Å². The molecule has 1 saturated carbocycles. The summed E-state index contributed by atoms with van der Waals surface area (Å²) in [5.74, 6) is 0.865. The van der Waals surface area contributed by atoms with Gasteiger partial charge in [0.1, 0.15) is 0 Å². The third-order valence-corrected chi connectivity index (χ3v) is 5.47. The SMILES string of the molecule is c1ccc(C2CC2)c(CNC2CCN3CCCC3C2)c1. The van der Waals surface area contributed by atoms with Gasteiger partial charge < -0.3 is 10.2 Å². The van der Waals surface area contributed by atoms with Crippen LogP contribution in [0.15, 0.2) is 24.3 Å². The van der Waals surface area contributed by atoms with Crippen LogP contribution in [0.5, 0.6) is 0 Å². The van der Waals surface area contributed by atoms with Crippen LogP contribution in [0.2, 0.25) is 0 Å². The van der Waals surface area contributed by atoms with Crippen molar-refractivity contribution in [1.82, 2.24) is 10.2 Å². The highest BCUT2D eigenvalue weighted by molar-refractivity contribution is 5.33. The van der Waals surface area contributed by atoms with E-state index in [4.69, 9.17) is 0 Å². The van der Waals surface area contributed by atoms with Crippen LogP contribution < -0.4 is 5.32 Å². The van der Waals surface area contributed by atoms with Crippen molar-refractivity contribution in [3.05, 3.63) is 35.4 Å². The molecule has 0 spiro atoms. The Morgan fingerprint density at radius 2 is 1.95 bits per heavy atom. The zero-order valence-electron chi connectivity index (χ0n) is 12.4. The third kappa shape index (κ3) is 2.64. The highest BCUT2D eigenvalue weighted by Crippen LogP contribution is 2.41. The second kappa shape index (κ2) is 5.50. The predicted octanol–water partition coefficient (Wildman–Crippen LogP) is 3.28. The minimum Gasteiger partial charge on any atom is -0.310 e. The van der Waals surface area contributed by atoms with E-state index < -0.39 is 0 Å². The Balaban J connectivity index is 1.36. The van der Waals surface area contributed by atoms with Crippen molar-refractivity contribution in [2.75, 3.05) is 13.1 Å². The van der Waals surface area contributed by atoms with Gasteiger partial charge in [-0.1, -0.05) is 24.3 Å². The number of nitrogens with one attached hydrogen (secondary N) is 1. The molecular formula is C18H26N2. The van der Waals surface area contributed by atoms with Crippen molar-refractivity contribution in [3.8, 4) is 0 Å². The van der Waals surface area contributed by atoms with Crippen LogP contribution in [-0.2, 0) is 6.54 Å². The molecule has 0 amide bonds. The summed E-state index contributed by atoms with van der Waals surface area (Å²) >= 11 is 0. The lowest BCUT2D eigenvalue weighted by molar-refractivity contribution is 0.166. The van der Waals surface area contributed by atoms with Crippen molar-refractivity contribution in [2.24, 2.45) is 0 Å². The van der Waals surface area contributed by atoms with Gasteiger partial charge in [0.05, 0.1) is 0 Å². The molecule has 2 heterocycles. The third-order valence-electron chi connectivity index (χ3n) is 5.47. The fourth-order valence-corrected chi connectivity index (χ4v) is 4.15. The molecule has 2 nitrogen and oxygen atoms in total. The number of piperidine rings is 1. The van der Waals surface area contributed by atoms with E-state index in [-0.39, 0.29) is 0 Å². The second-order valence-corrected chi connectivity index (χ2v) is 6.91. The zero-order valence-corrected chi connectivity index (χ0v) is 12.4. The van der Waals surface area contributed by atoms with Crippen LogP contribution in [0.25, 0.3) is 0 Å². The summed E-state index contributed by atoms with van der Waals surface area (Å²) in [5.41, 5.74) is 3.15. The van der Waals surface area contributed by atoms with Gasteiger partial charge in [0, 0.05) is 18.6 Å². The van der Waals surface area contributed by atoms with Crippen molar-refractivity contribution in [2.45, 2.75) is 63.1 Å². The average Bonchev–Trinajstić information content (AvgIpc) is 3.23. The van der Waals surface area contributed by atoms with Crippen molar-refractivity contribution < 1.29 is 0 Å². The van der Waals surface area contributed by atoms with E-state index in [1.165, 1.54) is 51.6 Å². The summed E-state index contributed by atoms with van der Waals surface area (Å²) in [5, 5.41) is 3.85. The highest BCUT2D eigenvalue weighted by atomic mass is 15.2. The van der Waals surface area contributed by atoms with Gasteiger partial charge in [-0.3, -0.25) is 0 Å². The predicted molar refractivity (Wildman–Crippen MR) is 82.9 cm³/mol. The number of rotatable bonds is 4. The maximum absolute atomic E-state index is 3.85. The number of hydrogen-bond acceptors (Lipinski definition) is 2. The first kappa shape index (κ1) is 12.8. The Bertz CT molecular complexity index is 466. The fraction of sp³-hybridized carbons (Fsp3) is 0.667. The van der Waals surface area contributed by atoms with Crippen LogP contribution in [0, 0.1) is 0 Å². The van der Waals surface area contributed by atoms with Crippen LogP contribution in [0.4, 0.5) is 0 Å². The lowest BCUT2D eigenvalue weighted by Crippen LogP contribution is -2.45. The van der Waals surface area contributed by atoms with Crippen LogP contribution in [-0.4, -0.2) is 30.1 Å². The minimum absolute atomic E-state index is 0.738. The number of hydrogen-bond donors (Lipinski definition) is 1. The molecule has 3 fully saturated rings. The molecule has 0 radical (unpaired) electrons. The largest absolute Gasteiger partial charge is 0.310 e. The Kier molecular flexibility index (Phi) is 3.53. The monoisotopic (exact) mass is 270 g/mol. The first-order chi connectivity index (χ1) is 9.90. The number of fused-ring (bicyclic) bond motifs is 1. The fourth-order valence-electron chi connectivity index (χ4n) is 4.15. The van der Waals surface area contributed by atoms with Crippen molar-refractivity contribution in [1.29, 1.82) is 0 Å². The summed E-state index contributed by atoms with van der Waals surface area (Å²) in [6, 6.07) is 10.7. The Morgan fingerprint density at radius 3 is 2.85 bits per heavy atom. The standard InChI is InChI=1S/C18H26N2/c1-2-6-18(14-7-8-14)15(4-1)13-19-16-9-11-20-10-3-5-17(20)12-16/h1-2,4,6,14,16-17,19H,3,5,7-13H2. The molecular weight excluding hydrogens is 244 g/mol. The minimum atomic E-state index is 0.738. The Labute approximate surface area is 122 Å². The normalized spacial score (nSPS) is 30.4. The van der Waals surface area contributed by atoms with E-state index in [1.807, 2.05) is 0 Å². The molecule has 2 aliphatic heterocycles. The summed E-state index contributed by atoms with van der Waals surface area (Å²) < 4.78 is 0. The summed E-state index contributed by atoms with van der Waals surface area (Å²) in [7, 11) is 0. The van der Waals surface area contributed by atoms with Gasteiger partial charge in [-0.05, 0) is 68.7 Å². The summed E-state index contributed by atoms with van der Waals surface area (Å²) in [6.45, 7) is 3.73. The molecule has 2 heteroatoms. The maximum Gasteiger partial charge on any atom is 0.0210 e. The lowest BCUT2D eigenvalue weighted by atomic mass is 9.96. The van der Waals surface area contributed by atoms with Gasteiger partial charge in [-0.15, -0.1) is 0 Å². The molecule has 108 valence electrons. The maximum atomic E-state index is 3.85. The quantitative estimate of drug-likeness (QED) is 0.903. The molecule has 2 atom stereocenters. The van der Waals surface area contributed by atoms with Gasteiger partial charge in [0.25, 0.3) is 0 Å². The van der Waals surface area contributed by atoms with E-state index >= 15 is 0 Å². The smallest absolute Gasteiger partial charge is 0.0210 e. The molecule has 1 N–H and O–H groups in total. The first-order valence-electron chi connectivity index (χ1n) is 8.45. The van der Waals surface area contributed by atoms with E-state index in [0.29, 0.717) is 0 Å². The number of nitrogens with zero attached hydrogens (tertiary/aromatic N) is 1. The Hall–Kier alpha value is -0.860. The van der Waals surface area contributed by atoms with Gasteiger partial charge >= 0.3 is 0 Å². The molecule has 1 aromatic rings. The molecule has 0 aromatic heterocycles. The van der Waals surface area contributed by atoms with Crippen molar-refractivity contribution >= 4 is 0 Å². The zero-order chi connectivity index (χ0) is 13.4. The van der Waals surface area contributed by atoms with Gasteiger partial charge in [-0.2, -0.15) is 0 Å². The first-order valence-corrected chi connectivity index (χ1v) is 8.45. The topological polar surface area (TPSA) is 15.3 Å². The lowest BCUT2D eigenvalue weighted by Gasteiger charge is -2.35. The molecule has 20 heavy (non-hydrogen) atoms. The van der Waals surface area contributed by atoms with Gasteiger partial charge in [-0.25, -0.2) is 0 Å². The summed E-state index contributed by atoms with van der Waals surface area (Å²) in [6.07, 6.45) is 8.35. The van der Waals surface area contributed by atoms with E-state index in [2.05, 4.69) is 34.5 Å². The highest BCUT2D eigenvalue weighted by Gasteiger charge is 2.31.